The second kappa shape index (κ2) is 7.06. The first-order valence-electron chi connectivity index (χ1n) is 6.61. The van der Waals surface area contributed by atoms with E-state index in [2.05, 4.69) is 0 Å². The number of nitrogens with zero attached hydrogens (tertiary/aromatic N) is 1. The van der Waals surface area contributed by atoms with E-state index in [-0.39, 0.29) is 10.9 Å². The lowest BCUT2D eigenvalue weighted by Crippen LogP contribution is -2.46. The van der Waals surface area contributed by atoms with Gasteiger partial charge in [-0.25, -0.2) is 0 Å². The maximum absolute atomic E-state index is 12.3. The molecule has 2 N–H and O–H groups in total. The fraction of sp³-hybridized carbons (Fsp3) is 0.429. The normalized spacial score (nSPS) is 16.4. The first-order valence-corrected chi connectivity index (χ1v) is 7.40. The predicted molar refractivity (Wildman–Crippen MR) is 84.8 cm³/mol. The van der Waals surface area contributed by atoms with Crippen molar-refractivity contribution in [2.24, 2.45) is 5.73 Å². The van der Waals surface area contributed by atoms with Crippen LogP contribution >= 0.6 is 23.8 Å². The van der Waals surface area contributed by atoms with Crippen LogP contribution in [0.4, 0.5) is 0 Å². The Balaban J connectivity index is 2.03. The van der Waals surface area contributed by atoms with Crippen LogP contribution < -0.4 is 10.5 Å². The molecule has 1 fully saturated rings. The third-order valence-corrected chi connectivity index (χ3v) is 3.72. The molecule has 0 spiro atoms. The molecule has 0 saturated carbocycles. The van der Waals surface area contributed by atoms with Crippen molar-refractivity contribution in [2.45, 2.75) is 13.0 Å². The number of halogens is 1. The Hall–Kier alpha value is -1.37. The third kappa shape index (κ3) is 4.06. The molecule has 1 aromatic rings. The molecule has 1 atom stereocenters. The number of nitrogens with two attached hydrogens (primary N) is 1. The maximum Gasteiger partial charge on any atom is 0.263 e. The highest BCUT2D eigenvalue weighted by atomic mass is 35.5. The fourth-order valence-corrected chi connectivity index (χ4v) is 2.38. The summed E-state index contributed by atoms with van der Waals surface area (Å²) >= 11 is 11.0. The molecule has 1 saturated heterocycles. The quantitative estimate of drug-likeness (QED) is 0.851. The predicted octanol–water partition coefficient (Wildman–Crippen LogP) is 1.60. The Morgan fingerprint density at radius 3 is 2.71 bits per heavy atom. The molecule has 0 aliphatic carbocycles. The standard InChI is InChI=1S/C14H17ClN2O3S/c1-9(14(18)17-4-6-19-7-5-17)20-12-3-2-10(13(16)21)8-11(12)15/h2-3,8-9H,4-7H2,1H3,(H2,16,21). The smallest absolute Gasteiger partial charge is 0.263 e. The summed E-state index contributed by atoms with van der Waals surface area (Å²) in [7, 11) is 0. The summed E-state index contributed by atoms with van der Waals surface area (Å²) in [5.41, 5.74) is 6.20. The van der Waals surface area contributed by atoms with Crippen LogP contribution in [0.15, 0.2) is 18.2 Å². The largest absolute Gasteiger partial charge is 0.479 e. The number of carbonyl (C=O) groups is 1. The summed E-state index contributed by atoms with van der Waals surface area (Å²) in [4.78, 5) is 14.2. The van der Waals surface area contributed by atoms with Gasteiger partial charge in [-0.1, -0.05) is 23.8 Å². The van der Waals surface area contributed by atoms with E-state index in [1.54, 1.807) is 30.0 Å². The summed E-state index contributed by atoms with van der Waals surface area (Å²) in [6, 6.07) is 5.01. The molecule has 21 heavy (non-hydrogen) atoms. The molecule has 1 aromatic carbocycles. The molecule has 1 aliphatic heterocycles. The number of morpholine rings is 1. The van der Waals surface area contributed by atoms with Crippen LogP contribution in [-0.4, -0.2) is 48.2 Å². The van der Waals surface area contributed by atoms with E-state index < -0.39 is 6.10 Å². The molecular formula is C14H17ClN2O3S. The Labute approximate surface area is 133 Å². The van der Waals surface area contributed by atoms with E-state index in [0.29, 0.717) is 42.6 Å². The molecule has 1 heterocycles. The van der Waals surface area contributed by atoms with Crippen molar-refractivity contribution < 1.29 is 14.3 Å². The molecule has 1 aliphatic rings. The lowest BCUT2D eigenvalue weighted by molar-refractivity contribution is -0.142. The molecule has 1 unspecified atom stereocenters. The highest BCUT2D eigenvalue weighted by Gasteiger charge is 2.24. The van der Waals surface area contributed by atoms with Gasteiger partial charge in [0.15, 0.2) is 6.10 Å². The summed E-state index contributed by atoms with van der Waals surface area (Å²) in [6.07, 6.45) is -0.615. The van der Waals surface area contributed by atoms with Gasteiger partial charge in [-0.3, -0.25) is 4.79 Å². The maximum atomic E-state index is 12.3. The molecule has 0 bridgehead atoms. The fourth-order valence-electron chi connectivity index (χ4n) is 2.03. The molecule has 2 rings (SSSR count). The lowest BCUT2D eigenvalue weighted by atomic mass is 10.2. The topological polar surface area (TPSA) is 64.8 Å². The Kier molecular flexibility index (Phi) is 5.39. The third-order valence-electron chi connectivity index (χ3n) is 3.19. The summed E-state index contributed by atoms with van der Waals surface area (Å²) < 4.78 is 10.9. The van der Waals surface area contributed by atoms with Gasteiger partial charge in [-0.15, -0.1) is 0 Å². The van der Waals surface area contributed by atoms with Crippen molar-refractivity contribution >= 4 is 34.7 Å². The summed E-state index contributed by atoms with van der Waals surface area (Å²) in [6.45, 7) is 3.99. The van der Waals surface area contributed by atoms with Gasteiger partial charge < -0.3 is 20.1 Å². The van der Waals surface area contributed by atoms with Crippen LogP contribution in [0.3, 0.4) is 0 Å². The van der Waals surface area contributed by atoms with Gasteiger partial charge in [0.1, 0.15) is 10.7 Å². The van der Waals surface area contributed by atoms with E-state index in [1.807, 2.05) is 0 Å². The molecule has 0 aromatic heterocycles. The van der Waals surface area contributed by atoms with Crippen molar-refractivity contribution in [2.75, 3.05) is 26.3 Å². The zero-order valence-electron chi connectivity index (χ0n) is 11.7. The number of ether oxygens (including phenoxy) is 2. The van der Waals surface area contributed by atoms with E-state index >= 15 is 0 Å². The van der Waals surface area contributed by atoms with Crippen molar-refractivity contribution in [3.05, 3.63) is 28.8 Å². The monoisotopic (exact) mass is 328 g/mol. The van der Waals surface area contributed by atoms with Crippen molar-refractivity contribution in [3.63, 3.8) is 0 Å². The van der Waals surface area contributed by atoms with Gasteiger partial charge in [0, 0.05) is 18.7 Å². The number of amides is 1. The molecule has 5 nitrogen and oxygen atoms in total. The first kappa shape index (κ1) is 16.0. The minimum atomic E-state index is -0.615. The van der Waals surface area contributed by atoms with Gasteiger partial charge in [0.25, 0.3) is 5.91 Å². The van der Waals surface area contributed by atoms with Crippen molar-refractivity contribution in [1.29, 1.82) is 0 Å². The molecule has 0 radical (unpaired) electrons. The second-order valence-corrected chi connectivity index (χ2v) is 5.55. The van der Waals surface area contributed by atoms with E-state index in [9.17, 15) is 4.79 Å². The highest BCUT2D eigenvalue weighted by molar-refractivity contribution is 7.80. The number of hydrogen-bond donors (Lipinski definition) is 1. The van der Waals surface area contributed by atoms with E-state index in [0.717, 1.165) is 0 Å². The number of carbonyl (C=O) groups excluding carboxylic acids is 1. The number of rotatable bonds is 4. The number of thiocarbonyl (C=S) groups is 1. The highest BCUT2D eigenvalue weighted by Crippen LogP contribution is 2.26. The van der Waals surface area contributed by atoms with Crippen LogP contribution in [0.1, 0.15) is 12.5 Å². The minimum absolute atomic E-state index is 0.0761. The molecule has 7 heteroatoms. The van der Waals surface area contributed by atoms with Crippen LogP contribution in [-0.2, 0) is 9.53 Å². The zero-order chi connectivity index (χ0) is 15.4. The Bertz CT molecular complexity index is 547. The van der Waals surface area contributed by atoms with E-state index in [4.69, 9.17) is 39.0 Å². The van der Waals surface area contributed by atoms with Crippen LogP contribution in [0, 0.1) is 0 Å². The van der Waals surface area contributed by atoms with Crippen LogP contribution in [0.5, 0.6) is 5.75 Å². The average Bonchev–Trinajstić information content (AvgIpc) is 2.49. The van der Waals surface area contributed by atoms with Gasteiger partial charge in [0.2, 0.25) is 0 Å². The van der Waals surface area contributed by atoms with Crippen molar-refractivity contribution in [1.82, 2.24) is 4.90 Å². The zero-order valence-corrected chi connectivity index (χ0v) is 13.2. The van der Waals surface area contributed by atoms with Crippen LogP contribution in [0.25, 0.3) is 0 Å². The first-order chi connectivity index (χ1) is 9.99. The Morgan fingerprint density at radius 1 is 1.48 bits per heavy atom. The molecule has 1 amide bonds. The summed E-state index contributed by atoms with van der Waals surface area (Å²) in [5, 5.41) is 0.377. The minimum Gasteiger partial charge on any atom is -0.479 e. The summed E-state index contributed by atoms with van der Waals surface area (Å²) in [5.74, 6) is 0.360. The molecular weight excluding hydrogens is 312 g/mol. The SMILES string of the molecule is CC(Oc1ccc(C(N)=S)cc1Cl)C(=O)N1CCOCC1. The van der Waals surface area contributed by atoms with Gasteiger partial charge in [-0.05, 0) is 25.1 Å². The number of hydrogen-bond acceptors (Lipinski definition) is 4. The van der Waals surface area contributed by atoms with E-state index in [1.165, 1.54) is 0 Å². The van der Waals surface area contributed by atoms with Gasteiger partial charge in [-0.2, -0.15) is 0 Å². The van der Waals surface area contributed by atoms with Gasteiger partial charge in [0.05, 0.1) is 18.2 Å². The Morgan fingerprint density at radius 2 is 2.14 bits per heavy atom. The van der Waals surface area contributed by atoms with Gasteiger partial charge >= 0.3 is 0 Å². The number of benzene rings is 1. The second-order valence-electron chi connectivity index (χ2n) is 4.71. The van der Waals surface area contributed by atoms with Crippen molar-refractivity contribution in [3.8, 4) is 5.75 Å². The average molecular weight is 329 g/mol. The van der Waals surface area contributed by atoms with Crippen LogP contribution in [0.2, 0.25) is 5.02 Å². The lowest BCUT2D eigenvalue weighted by Gasteiger charge is -2.29. The molecule has 114 valence electrons.